The molecule has 1 heterocycles. The number of halogens is 1. The molecule has 0 fully saturated rings. The quantitative estimate of drug-likeness (QED) is 0.486. The largest absolute Gasteiger partial charge is 0.427 e. The fourth-order valence-corrected chi connectivity index (χ4v) is 2.30. The number of hydrogen-bond acceptors (Lipinski definition) is 5. The molecule has 0 saturated heterocycles. The van der Waals surface area contributed by atoms with Crippen molar-refractivity contribution in [3.8, 4) is 5.75 Å². The van der Waals surface area contributed by atoms with Crippen LogP contribution in [0.2, 0.25) is 5.02 Å². The van der Waals surface area contributed by atoms with Crippen molar-refractivity contribution in [3.63, 3.8) is 0 Å². The Bertz CT molecular complexity index is 869. The van der Waals surface area contributed by atoms with Crippen LogP contribution in [0.4, 0.5) is 0 Å². The van der Waals surface area contributed by atoms with Crippen LogP contribution in [0.5, 0.6) is 5.75 Å². The van der Waals surface area contributed by atoms with Gasteiger partial charge in [-0.15, -0.1) is 0 Å². The van der Waals surface area contributed by atoms with E-state index in [-0.39, 0.29) is 11.6 Å². The van der Waals surface area contributed by atoms with Crippen LogP contribution in [-0.2, 0) is 14.3 Å². The predicted molar refractivity (Wildman–Crippen MR) is 89.8 cm³/mol. The van der Waals surface area contributed by atoms with Crippen LogP contribution in [0.25, 0.3) is 6.08 Å². The number of nitrogens with zero attached hydrogens (tertiary/aromatic N) is 1. The Morgan fingerprint density at radius 3 is 2.62 bits per heavy atom. The van der Waals surface area contributed by atoms with Gasteiger partial charge in [0.2, 0.25) is 5.90 Å². The summed E-state index contributed by atoms with van der Waals surface area (Å²) in [6.45, 7) is 1.33. The molecule has 2 aromatic carbocycles. The van der Waals surface area contributed by atoms with Crippen LogP contribution >= 0.6 is 11.6 Å². The first-order chi connectivity index (χ1) is 11.5. The predicted octanol–water partition coefficient (Wildman–Crippen LogP) is 3.61. The zero-order valence-electron chi connectivity index (χ0n) is 12.7. The monoisotopic (exact) mass is 341 g/mol. The van der Waals surface area contributed by atoms with E-state index in [9.17, 15) is 9.59 Å². The van der Waals surface area contributed by atoms with Gasteiger partial charge in [-0.05, 0) is 42.0 Å². The maximum atomic E-state index is 12.0. The third kappa shape index (κ3) is 3.70. The normalized spacial score (nSPS) is 15.2. The molecule has 120 valence electrons. The summed E-state index contributed by atoms with van der Waals surface area (Å²) < 4.78 is 10.1. The van der Waals surface area contributed by atoms with E-state index in [0.29, 0.717) is 16.3 Å². The molecule has 0 aromatic heterocycles. The molecule has 0 radical (unpaired) electrons. The molecule has 5 nitrogen and oxygen atoms in total. The van der Waals surface area contributed by atoms with Gasteiger partial charge < -0.3 is 9.47 Å². The lowest BCUT2D eigenvalue weighted by Crippen LogP contribution is -2.05. The average molecular weight is 342 g/mol. The van der Waals surface area contributed by atoms with E-state index >= 15 is 0 Å². The van der Waals surface area contributed by atoms with Crippen molar-refractivity contribution in [2.75, 3.05) is 0 Å². The standard InChI is InChI=1S/C18H12ClNO4/c1-11(21)23-15-7-5-12(6-8-15)9-16-18(22)24-17(20-16)13-3-2-4-14(19)10-13/h2-10H,1H3/b16-9-. The number of rotatable bonds is 3. The van der Waals surface area contributed by atoms with Gasteiger partial charge in [-0.2, -0.15) is 0 Å². The molecular weight excluding hydrogens is 330 g/mol. The molecular formula is C18H12ClNO4. The molecule has 24 heavy (non-hydrogen) atoms. The number of benzene rings is 2. The fraction of sp³-hybridized carbons (Fsp3) is 0.0556. The highest BCUT2D eigenvalue weighted by molar-refractivity contribution is 6.31. The Hall–Kier alpha value is -2.92. The number of carbonyl (C=O) groups excluding carboxylic acids is 2. The highest BCUT2D eigenvalue weighted by Crippen LogP contribution is 2.22. The molecule has 0 atom stereocenters. The first-order valence-electron chi connectivity index (χ1n) is 7.08. The van der Waals surface area contributed by atoms with E-state index in [1.165, 1.54) is 6.92 Å². The summed E-state index contributed by atoms with van der Waals surface area (Å²) in [5.41, 5.74) is 1.55. The zero-order valence-corrected chi connectivity index (χ0v) is 13.4. The van der Waals surface area contributed by atoms with E-state index < -0.39 is 11.9 Å². The van der Waals surface area contributed by atoms with Crippen LogP contribution in [0.15, 0.2) is 59.2 Å². The molecule has 0 saturated carbocycles. The molecule has 0 aliphatic carbocycles. The van der Waals surface area contributed by atoms with Crippen LogP contribution in [0, 0.1) is 0 Å². The smallest absolute Gasteiger partial charge is 0.363 e. The van der Waals surface area contributed by atoms with E-state index in [2.05, 4.69) is 4.99 Å². The summed E-state index contributed by atoms with van der Waals surface area (Å²) in [5.74, 6) is -0.280. The van der Waals surface area contributed by atoms with E-state index in [4.69, 9.17) is 21.1 Å². The third-order valence-corrected chi connectivity index (χ3v) is 3.37. The first-order valence-corrected chi connectivity index (χ1v) is 7.46. The van der Waals surface area contributed by atoms with Gasteiger partial charge in [-0.3, -0.25) is 4.79 Å². The lowest BCUT2D eigenvalue weighted by Gasteiger charge is -2.00. The summed E-state index contributed by atoms with van der Waals surface area (Å²) >= 11 is 5.93. The Morgan fingerprint density at radius 1 is 1.21 bits per heavy atom. The molecule has 6 heteroatoms. The molecule has 0 bridgehead atoms. The van der Waals surface area contributed by atoms with Gasteiger partial charge >= 0.3 is 11.9 Å². The minimum atomic E-state index is -0.533. The van der Waals surface area contributed by atoms with Gasteiger partial charge in [0.1, 0.15) is 5.75 Å². The van der Waals surface area contributed by atoms with Crippen LogP contribution < -0.4 is 4.74 Å². The summed E-state index contributed by atoms with van der Waals surface area (Å²) in [7, 11) is 0. The lowest BCUT2D eigenvalue weighted by molar-refractivity contribution is -0.132. The van der Waals surface area contributed by atoms with Crippen molar-refractivity contribution in [1.82, 2.24) is 0 Å². The number of cyclic esters (lactones) is 1. The number of carbonyl (C=O) groups is 2. The van der Waals surface area contributed by atoms with Crippen molar-refractivity contribution in [2.24, 2.45) is 4.99 Å². The van der Waals surface area contributed by atoms with Crippen LogP contribution in [-0.4, -0.2) is 17.8 Å². The van der Waals surface area contributed by atoms with Gasteiger partial charge in [0.25, 0.3) is 0 Å². The molecule has 1 aliphatic rings. The highest BCUT2D eigenvalue weighted by Gasteiger charge is 2.24. The zero-order chi connectivity index (χ0) is 17.1. The van der Waals surface area contributed by atoms with Crippen LogP contribution in [0.3, 0.4) is 0 Å². The molecule has 3 rings (SSSR count). The maximum absolute atomic E-state index is 12.0. The van der Waals surface area contributed by atoms with E-state index in [1.54, 1.807) is 54.6 Å². The summed E-state index contributed by atoms with van der Waals surface area (Å²) in [4.78, 5) is 27.1. The molecule has 0 N–H and O–H groups in total. The van der Waals surface area contributed by atoms with Gasteiger partial charge in [-0.1, -0.05) is 29.8 Å². The van der Waals surface area contributed by atoms with Gasteiger partial charge in [0, 0.05) is 17.5 Å². The van der Waals surface area contributed by atoms with Crippen molar-refractivity contribution < 1.29 is 19.1 Å². The number of hydrogen-bond donors (Lipinski definition) is 0. The van der Waals surface area contributed by atoms with Gasteiger partial charge in [0.15, 0.2) is 5.70 Å². The second kappa shape index (κ2) is 6.68. The minimum absolute atomic E-state index is 0.185. The molecule has 1 aliphatic heterocycles. The number of esters is 2. The average Bonchev–Trinajstić information content (AvgIpc) is 2.90. The van der Waals surface area contributed by atoms with E-state index in [0.717, 1.165) is 5.56 Å². The van der Waals surface area contributed by atoms with Crippen molar-refractivity contribution in [3.05, 3.63) is 70.4 Å². The topological polar surface area (TPSA) is 65.0 Å². The van der Waals surface area contributed by atoms with Crippen molar-refractivity contribution in [2.45, 2.75) is 6.92 Å². The molecule has 0 amide bonds. The highest BCUT2D eigenvalue weighted by atomic mass is 35.5. The Labute approximate surface area is 143 Å². The molecule has 2 aromatic rings. The van der Waals surface area contributed by atoms with Gasteiger partial charge in [0.05, 0.1) is 0 Å². The van der Waals surface area contributed by atoms with Gasteiger partial charge in [-0.25, -0.2) is 9.79 Å². The summed E-state index contributed by atoms with van der Waals surface area (Å²) in [6.07, 6.45) is 1.59. The summed E-state index contributed by atoms with van der Waals surface area (Å²) in [5, 5.41) is 0.532. The minimum Gasteiger partial charge on any atom is -0.427 e. The lowest BCUT2D eigenvalue weighted by atomic mass is 10.2. The molecule has 0 spiro atoms. The SMILES string of the molecule is CC(=O)Oc1ccc(/C=C2\N=C(c3cccc(Cl)c3)OC2=O)cc1. The molecule has 0 unspecified atom stereocenters. The van der Waals surface area contributed by atoms with E-state index in [1.807, 2.05) is 0 Å². The Kier molecular flexibility index (Phi) is 4.44. The van der Waals surface area contributed by atoms with Crippen molar-refractivity contribution in [1.29, 1.82) is 0 Å². The first kappa shape index (κ1) is 16.0. The second-order valence-corrected chi connectivity index (χ2v) is 5.45. The number of ether oxygens (including phenoxy) is 2. The summed E-state index contributed by atoms with van der Waals surface area (Å²) in [6, 6.07) is 13.6. The Balaban J connectivity index is 1.84. The number of aliphatic imine (C=N–C) groups is 1. The Morgan fingerprint density at radius 2 is 1.96 bits per heavy atom. The fourth-order valence-electron chi connectivity index (χ4n) is 2.11. The second-order valence-electron chi connectivity index (χ2n) is 5.01. The third-order valence-electron chi connectivity index (χ3n) is 3.14. The van der Waals surface area contributed by atoms with Crippen molar-refractivity contribution >= 4 is 35.5 Å². The maximum Gasteiger partial charge on any atom is 0.363 e. The van der Waals surface area contributed by atoms with Crippen LogP contribution in [0.1, 0.15) is 18.1 Å².